The molecule has 5 heteroatoms. The summed E-state index contributed by atoms with van der Waals surface area (Å²) in [5.74, 6) is -0.969. The van der Waals surface area contributed by atoms with E-state index in [0.29, 0.717) is 6.04 Å². The second-order valence-corrected chi connectivity index (χ2v) is 6.10. The zero-order chi connectivity index (χ0) is 13.9. The smallest absolute Gasteiger partial charge is 0.354 e. The maximum absolute atomic E-state index is 11.0. The number of aromatic carboxylic acids is 1. The fourth-order valence-electron chi connectivity index (χ4n) is 2.28. The fourth-order valence-corrected chi connectivity index (χ4v) is 3.01. The molecule has 1 aliphatic carbocycles. The molecule has 1 N–H and O–H groups in total. The van der Waals surface area contributed by atoms with Crippen LogP contribution >= 0.6 is 11.3 Å². The van der Waals surface area contributed by atoms with Crippen LogP contribution in [0.2, 0.25) is 0 Å². The third-order valence-corrected chi connectivity index (χ3v) is 4.29. The van der Waals surface area contributed by atoms with Crippen LogP contribution in [0.25, 0.3) is 0 Å². The number of nitrogens with zero attached hydrogens (tertiary/aromatic N) is 2. The van der Waals surface area contributed by atoms with Gasteiger partial charge in [0.05, 0.1) is 0 Å². The molecule has 2 heterocycles. The van der Waals surface area contributed by atoms with E-state index in [1.165, 1.54) is 17.7 Å². The van der Waals surface area contributed by atoms with Crippen LogP contribution in [-0.4, -0.2) is 27.0 Å². The van der Waals surface area contributed by atoms with Crippen molar-refractivity contribution in [2.75, 3.05) is 0 Å². The van der Waals surface area contributed by atoms with Gasteiger partial charge in [0.1, 0.15) is 5.69 Å². The van der Waals surface area contributed by atoms with Crippen LogP contribution < -0.4 is 0 Å². The van der Waals surface area contributed by atoms with E-state index in [1.54, 1.807) is 23.6 Å². The number of carbonyl (C=O) groups is 1. The van der Waals surface area contributed by atoms with E-state index < -0.39 is 5.97 Å². The molecule has 3 rings (SSSR count). The minimum atomic E-state index is -0.969. The van der Waals surface area contributed by atoms with Crippen LogP contribution in [0, 0.1) is 0 Å². The first-order valence-corrected chi connectivity index (χ1v) is 7.55. The van der Waals surface area contributed by atoms with Gasteiger partial charge in [0.15, 0.2) is 0 Å². The van der Waals surface area contributed by atoms with E-state index in [1.807, 2.05) is 6.07 Å². The minimum Gasteiger partial charge on any atom is -0.477 e. The molecule has 20 heavy (non-hydrogen) atoms. The predicted octanol–water partition coefficient (Wildman–Crippen LogP) is 3.01. The average Bonchev–Trinajstić information content (AvgIpc) is 3.17. The van der Waals surface area contributed by atoms with Gasteiger partial charge in [0.2, 0.25) is 0 Å². The summed E-state index contributed by atoms with van der Waals surface area (Å²) in [7, 11) is 0. The highest BCUT2D eigenvalue weighted by Gasteiger charge is 2.29. The van der Waals surface area contributed by atoms with Crippen molar-refractivity contribution in [3.8, 4) is 0 Å². The van der Waals surface area contributed by atoms with E-state index in [2.05, 4.69) is 27.4 Å². The molecule has 1 aliphatic rings. The Morgan fingerprint density at radius 2 is 2.25 bits per heavy atom. The van der Waals surface area contributed by atoms with Gasteiger partial charge in [0, 0.05) is 30.2 Å². The van der Waals surface area contributed by atoms with Crippen molar-refractivity contribution in [3.63, 3.8) is 0 Å². The third kappa shape index (κ3) is 3.23. The third-order valence-electron chi connectivity index (χ3n) is 3.43. The molecule has 0 atom stereocenters. The zero-order valence-electron chi connectivity index (χ0n) is 11.0. The van der Waals surface area contributed by atoms with Crippen LogP contribution in [0.4, 0.5) is 0 Å². The molecule has 0 bridgehead atoms. The second kappa shape index (κ2) is 5.73. The van der Waals surface area contributed by atoms with Gasteiger partial charge >= 0.3 is 5.97 Å². The Morgan fingerprint density at radius 3 is 2.90 bits per heavy atom. The van der Waals surface area contributed by atoms with Gasteiger partial charge in [-0.15, -0.1) is 11.3 Å². The molecule has 104 valence electrons. The second-order valence-electron chi connectivity index (χ2n) is 5.07. The molecule has 1 fully saturated rings. The van der Waals surface area contributed by atoms with Gasteiger partial charge in [-0.25, -0.2) is 9.78 Å². The molecule has 0 amide bonds. The molecule has 0 unspecified atom stereocenters. The quantitative estimate of drug-likeness (QED) is 0.887. The molecule has 2 aromatic rings. The molecule has 1 saturated carbocycles. The number of carboxylic acids is 1. The summed E-state index contributed by atoms with van der Waals surface area (Å²) in [6, 6.07) is 8.43. The first-order valence-electron chi connectivity index (χ1n) is 6.67. The van der Waals surface area contributed by atoms with Gasteiger partial charge < -0.3 is 5.11 Å². The summed E-state index contributed by atoms with van der Waals surface area (Å²) in [6.45, 7) is 1.72. The van der Waals surface area contributed by atoms with Crippen LogP contribution in [0.15, 0.2) is 35.8 Å². The summed E-state index contributed by atoms with van der Waals surface area (Å²) >= 11 is 1.77. The van der Waals surface area contributed by atoms with Gasteiger partial charge in [-0.3, -0.25) is 4.90 Å². The predicted molar refractivity (Wildman–Crippen MR) is 77.8 cm³/mol. The van der Waals surface area contributed by atoms with Crippen molar-refractivity contribution in [1.29, 1.82) is 0 Å². The van der Waals surface area contributed by atoms with Crippen LogP contribution in [0.1, 0.15) is 33.8 Å². The Labute approximate surface area is 121 Å². The van der Waals surface area contributed by atoms with E-state index in [-0.39, 0.29) is 5.69 Å². The Hall–Kier alpha value is -1.72. The number of thiophene rings is 1. The summed E-state index contributed by atoms with van der Waals surface area (Å²) < 4.78 is 0. The highest BCUT2D eigenvalue weighted by atomic mass is 32.1. The first kappa shape index (κ1) is 13.3. The first-order chi connectivity index (χ1) is 9.72. The van der Waals surface area contributed by atoms with Gasteiger partial charge in [0.25, 0.3) is 0 Å². The Kier molecular flexibility index (Phi) is 3.80. The van der Waals surface area contributed by atoms with E-state index in [0.717, 1.165) is 18.7 Å². The molecule has 4 nitrogen and oxygen atoms in total. The lowest BCUT2D eigenvalue weighted by Crippen LogP contribution is -2.24. The molecular formula is C15H16N2O2S. The molecule has 0 radical (unpaired) electrons. The lowest BCUT2D eigenvalue weighted by Gasteiger charge is -2.21. The number of rotatable bonds is 6. The summed E-state index contributed by atoms with van der Waals surface area (Å²) in [6.07, 6.45) is 4.06. The largest absolute Gasteiger partial charge is 0.477 e. The van der Waals surface area contributed by atoms with Crippen LogP contribution in [0.5, 0.6) is 0 Å². The standard InChI is InChI=1S/C15H16N2O2S/c18-15(19)14-8-11(5-6-16-14)9-17(12-3-4-12)10-13-2-1-7-20-13/h1-2,5-8,12H,3-4,9-10H2,(H,18,19). The van der Waals surface area contributed by atoms with Gasteiger partial charge in [-0.05, 0) is 42.0 Å². The van der Waals surface area contributed by atoms with Gasteiger partial charge in [-0.1, -0.05) is 6.07 Å². The van der Waals surface area contributed by atoms with Gasteiger partial charge in [-0.2, -0.15) is 0 Å². The SMILES string of the molecule is O=C(O)c1cc(CN(Cc2cccs2)C2CC2)ccn1. The zero-order valence-corrected chi connectivity index (χ0v) is 11.8. The maximum Gasteiger partial charge on any atom is 0.354 e. The van der Waals surface area contributed by atoms with E-state index >= 15 is 0 Å². The van der Waals surface area contributed by atoms with Crippen molar-refractivity contribution < 1.29 is 9.90 Å². The highest BCUT2D eigenvalue weighted by Crippen LogP contribution is 2.30. The molecule has 0 spiro atoms. The number of carboxylic acid groups (broad SMARTS) is 1. The fraction of sp³-hybridized carbons (Fsp3) is 0.333. The van der Waals surface area contributed by atoms with E-state index in [4.69, 9.17) is 5.11 Å². The van der Waals surface area contributed by atoms with Crippen molar-refractivity contribution >= 4 is 17.3 Å². The Bertz CT molecular complexity index is 594. The normalized spacial score (nSPS) is 14.7. The Balaban J connectivity index is 1.73. The minimum absolute atomic E-state index is 0.120. The number of pyridine rings is 1. The molecular weight excluding hydrogens is 272 g/mol. The summed E-state index contributed by atoms with van der Waals surface area (Å²) in [5, 5.41) is 11.1. The van der Waals surface area contributed by atoms with Crippen molar-refractivity contribution in [3.05, 3.63) is 52.0 Å². The van der Waals surface area contributed by atoms with Crippen molar-refractivity contribution in [2.24, 2.45) is 0 Å². The lowest BCUT2D eigenvalue weighted by atomic mass is 10.2. The summed E-state index contributed by atoms with van der Waals surface area (Å²) in [5.41, 5.74) is 1.13. The highest BCUT2D eigenvalue weighted by molar-refractivity contribution is 7.09. The molecule has 0 aliphatic heterocycles. The molecule has 2 aromatic heterocycles. The number of aromatic nitrogens is 1. The molecule has 0 saturated heterocycles. The average molecular weight is 288 g/mol. The van der Waals surface area contributed by atoms with Crippen LogP contribution in [0.3, 0.4) is 0 Å². The number of hydrogen-bond donors (Lipinski definition) is 1. The lowest BCUT2D eigenvalue weighted by molar-refractivity contribution is 0.0690. The van der Waals surface area contributed by atoms with Crippen molar-refractivity contribution in [2.45, 2.75) is 32.0 Å². The maximum atomic E-state index is 11.0. The van der Waals surface area contributed by atoms with E-state index in [9.17, 15) is 4.79 Å². The summed E-state index contributed by atoms with van der Waals surface area (Å²) in [4.78, 5) is 18.6. The van der Waals surface area contributed by atoms with Crippen LogP contribution in [-0.2, 0) is 13.1 Å². The van der Waals surface area contributed by atoms with Crippen molar-refractivity contribution in [1.82, 2.24) is 9.88 Å². The number of hydrogen-bond acceptors (Lipinski definition) is 4. The monoisotopic (exact) mass is 288 g/mol. The topological polar surface area (TPSA) is 53.4 Å². The molecule has 0 aromatic carbocycles. The Morgan fingerprint density at radius 1 is 1.40 bits per heavy atom.